The molecule has 9 heteroatoms. The molecule has 1 atom stereocenters. The van der Waals surface area contributed by atoms with Crippen LogP contribution in [0.5, 0.6) is 0 Å². The Hall–Kier alpha value is -3.23. The summed E-state index contributed by atoms with van der Waals surface area (Å²) in [6, 6.07) is 7.85. The van der Waals surface area contributed by atoms with Crippen molar-refractivity contribution < 1.29 is 18.5 Å². The number of nitrogens with one attached hydrogen (secondary N) is 2. The summed E-state index contributed by atoms with van der Waals surface area (Å²) < 4.78 is 26.5. The van der Waals surface area contributed by atoms with Gasteiger partial charge >= 0.3 is 6.03 Å². The number of nitro benzene ring substituents is 1. The fourth-order valence-electron chi connectivity index (χ4n) is 3.28. The Kier molecular flexibility index (Phi) is 5.72. The van der Waals surface area contributed by atoms with Gasteiger partial charge in [0.15, 0.2) is 11.6 Å². The van der Waals surface area contributed by atoms with E-state index in [9.17, 15) is 23.7 Å². The maximum absolute atomic E-state index is 13.4. The lowest BCUT2D eigenvalue weighted by atomic mass is 10.1. The van der Waals surface area contributed by atoms with Crippen molar-refractivity contribution in [3.05, 3.63) is 63.7 Å². The van der Waals surface area contributed by atoms with E-state index in [0.29, 0.717) is 36.6 Å². The van der Waals surface area contributed by atoms with Gasteiger partial charge in [-0.1, -0.05) is 6.07 Å². The van der Waals surface area contributed by atoms with Crippen molar-refractivity contribution in [1.82, 2.24) is 5.32 Å². The lowest BCUT2D eigenvalue weighted by Gasteiger charge is -2.19. The van der Waals surface area contributed by atoms with Gasteiger partial charge in [0.05, 0.1) is 16.2 Å². The number of hydrogen-bond donors (Lipinski definition) is 2. The van der Waals surface area contributed by atoms with E-state index >= 15 is 0 Å². The molecule has 3 rings (SSSR count). The molecule has 1 aliphatic rings. The van der Waals surface area contributed by atoms with Crippen LogP contribution in [0.4, 0.5) is 30.6 Å². The Bertz CT molecular complexity index is 907. The fraction of sp³-hybridized carbons (Fsp3) is 0.316. The molecule has 2 amide bonds. The number of nitro groups is 1. The first kappa shape index (κ1) is 19.5. The molecular formula is C19H20F2N4O3. The zero-order valence-electron chi connectivity index (χ0n) is 15.2. The van der Waals surface area contributed by atoms with E-state index in [0.717, 1.165) is 12.5 Å². The minimum atomic E-state index is -0.884. The molecule has 1 aliphatic heterocycles. The molecule has 1 heterocycles. The number of anilines is 2. The standard InChI is InChI=1S/C19H20F2N4O3/c1-12-17(3-2-4-18(12)25(27)28)23-19(26)22-10-13-7-8-24(11-13)14-5-6-15(20)16(21)9-14/h2-6,9,13H,7-8,10-11H2,1H3,(H2,22,23,26). The highest BCUT2D eigenvalue weighted by Gasteiger charge is 2.24. The molecule has 0 bridgehead atoms. The first-order chi connectivity index (χ1) is 13.3. The normalized spacial score (nSPS) is 16.1. The molecule has 0 aromatic heterocycles. The van der Waals surface area contributed by atoms with E-state index in [2.05, 4.69) is 10.6 Å². The summed E-state index contributed by atoms with van der Waals surface area (Å²) >= 11 is 0. The van der Waals surface area contributed by atoms with Crippen LogP contribution < -0.4 is 15.5 Å². The Labute approximate surface area is 160 Å². The van der Waals surface area contributed by atoms with E-state index < -0.39 is 22.6 Å². The highest BCUT2D eigenvalue weighted by molar-refractivity contribution is 5.90. The van der Waals surface area contributed by atoms with Gasteiger partial charge in [-0.15, -0.1) is 0 Å². The van der Waals surface area contributed by atoms with Crippen LogP contribution in [-0.4, -0.2) is 30.6 Å². The van der Waals surface area contributed by atoms with Crippen LogP contribution >= 0.6 is 0 Å². The van der Waals surface area contributed by atoms with Crippen molar-refractivity contribution in [1.29, 1.82) is 0 Å². The van der Waals surface area contributed by atoms with Crippen molar-refractivity contribution in [3.8, 4) is 0 Å². The van der Waals surface area contributed by atoms with Gasteiger partial charge in [0.2, 0.25) is 0 Å². The van der Waals surface area contributed by atoms with Crippen LogP contribution in [0, 0.1) is 34.6 Å². The summed E-state index contributed by atoms with van der Waals surface area (Å²) in [5.74, 6) is -1.61. The SMILES string of the molecule is Cc1c(NC(=O)NCC2CCN(c3ccc(F)c(F)c3)C2)cccc1[N+](=O)[O-]. The van der Waals surface area contributed by atoms with Crippen molar-refractivity contribution in [3.63, 3.8) is 0 Å². The number of halogens is 2. The number of amides is 2. The molecular weight excluding hydrogens is 370 g/mol. The van der Waals surface area contributed by atoms with Gasteiger partial charge in [-0.2, -0.15) is 0 Å². The highest BCUT2D eigenvalue weighted by atomic mass is 19.2. The van der Waals surface area contributed by atoms with E-state index in [4.69, 9.17) is 0 Å². The fourth-order valence-corrected chi connectivity index (χ4v) is 3.28. The summed E-state index contributed by atoms with van der Waals surface area (Å²) in [6.07, 6.45) is 0.801. The second kappa shape index (κ2) is 8.20. The highest BCUT2D eigenvalue weighted by Crippen LogP contribution is 2.26. The van der Waals surface area contributed by atoms with Crippen LogP contribution in [0.2, 0.25) is 0 Å². The summed E-state index contributed by atoms with van der Waals surface area (Å²) in [7, 11) is 0. The molecule has 0 spiro atoms. The molecule has 0 aliphatic carbocycles. The molecule has 2 aromatic rings. The summed E-state index contributed by atoms with van der Waals surface area (Å²) in [6.45, 7) is 3.27. The van der Waals surface area contributed by atoms with Gasteiger partial charge in [0.1, 0.15) is 0 Å². The first-order valence-corrected chi connectivity index (χ1v) is 8.84. The van der Waals surface area contributed by atoms with Crippen LogP contribution in [-0.2, 0) is 0 Å². The topological polar surface area (TPSA) is 87.5 Å². The molecule has 148 valence electrons. The Morgan fingerprint density at radius 1 is 1.29 bits per heavy atom. The predicted molar refractivity (Wildman–Crippen MR) is 102 cm³/mol. The van der Waals surface area contributed by atoms with Crippen molar-refractivity contribution in [2.24, 2.45) is 5.92 Å². The van der Waals surface area contributed by atoms with E-state index in [-0.39, 0.29) is 11.6 Å². The molecule has 0 saturated carbocycles. The third kappa shape index (κ3) is 4.36. The van der Waals surface area contributed by atoms with Gasteiger partial charge < -0.3 is 15.5 Å². The lowest BCUT2D eigenvalue weighted by Crippen LogP contribution is -2.34. The molecule has 0 radical (unpaired) electrons. The van der Waals surface area contributed by atoms with Crippen molar-refractivity contribution >= 4 is 23.1 Å². The van der Waals surface area contributed by atoms with Gasteiger partial charge in [0.25, 0.3) is 5.69 Å². The summed E-state index contributed by atoms with van der Waals surface area (Å²) in [5, 5.41) is 16.4. The number of carbonyl (C=O) groups excluding carboxylic acids is 1. The number of hydrogen-bond acceptors (Lipinski definition) is 4. The van der Waals surface area contributed by atoms with Gasteiger partial charge in [-0.05, 0) is 37.5 Å². The molecule has 1 unspecified atom stereocenters. The number of nitrogens with zero attached hydrogens (tertiary/aromatic N) is 2. The number of rotatable bonds is 5. The first-order valence-electron chi connectivity index (χ1n) is 8.84. The van der Waals surface area contributed by atoms with Crippen LogP contribution in [0.15, 0.2) is 36.4 Å². The smallest absolute Gasteiger partial charge is 0.319 e. The summed E-state index contributed by atoms with van der Waals surface area (Å²) in [4.78, 5) is 24.6. The maximum atomic E-state index is 13.4. The van der Waals surface area contributed by atoms with Gasteiger partial charge in [-0.3, -0.25) is 10.1 Å². The molecule has 1 saturated heterocycles. The minimum absolute atomic E-state index is 0.0595. The molecule has 28 heavy (non-hydrogen) atoms. The monoisotopic (exact) mass is 390 g/mol. The quantitative estimate of drug-likeness (QED) is 0.600. The van der Waals surface area contributed by atoms with Crippen LogP contribution in [0.1, 0.15) is 12.0 Å². The van der Waals surface area contributed by atoms with Crippen molar-refractivity contribution in [2.75, 3.05) is 29.9 Å². The maximum Gasteiger partial charge on any atom is 0.319 e. The van der Waals surface area contributed by atoms with E-state index in [1.54, 1.807) is 13.0 Å². The van der Waals surface area contributed by atoms with Crippen LogP contribution in [0.3, 0.4) is 0 Å². The van der Waals surface area contributed by atoms with Crippen molar-refractivity contribution in [2.45, 2.75) is 13.3 Å². The van der Waals surface area contributed by atoms with E-state index in [1.807, 2.05) is 4.90 Å². The second-order valence-electron chi connectivity index (χ2n) is 6.74. The second-order valence-corrected chi connectivity index (χ2v) is 6.74. The largest absolute Gasteiger partial charge is 0.371 e. The third-order valence-electron chi connectivity index (χ3n) is 4.86. The summed E-state index contributed by atoms with van der Waals surface area (Å²) in [5.41, 5.74) is 1.31. The molecule has 7 nitrogen and oxygen atoms in total. The zero-order chi connectivity index (χ0) is 20.3. The average Bonchev–Trinajstić information content (AvgIpc) is 3.13. The molecule has 2 aromatic carbocycles. The van der Waals surface area contributed by atoms with Crippen LogP contribution in [0.25, 0.3) is 0 Å². The van der Waals surface area contributed by atoms with Gasteiger partial charge in [-0.25, -0.2) is 13.6 Å². The van der Waals surface area contributed by atoms with E-state index in [1.165, 1.54) is 24.3 Å². The Morgan fingerprint density at radius 3 is 2.79 bits per heavy atom. The predicted octanol–water partition coefficient (Wildman–Crippen LogP) is 3.83. The zero-order valence-corrected chi connectivity index (χ0v) is 15.2. The Balaban J connectivity index is 1.52. The molecule has 2 N–H and O–H groups in total. The average molecular weight is 390 g/mol. The lowest BCUT2D eigenvalue weighted by molar-refractivity contribution is -0.385. The molecule has 1 fully saturated rings. The van der Waals surface area contributed by atoms with Gasteiger partial charge in [0, 0.05) is 37.5 Å². The Morgan fingerprint density at radius 2 is 2.07 bits per heavy atom. The number of carbonyl (C=O) groups is 1. The number of urea groups is 1. The number of benzene rings is 2. The minimum Gasteiger partial charge on any atom is -0.371 e. The third-order valence-corrected chi connectivity index (χ3v) is 4.86.